The van der Waals surface area contributed by atoms with Gasteiger partial charge in [0.15, 0.2) is 47.5 Å². The molecule has 62 nitrogen and oxygen atoms in total. The monoisotopic (exact) mass is 2260 g/mol. The summed E-state index contributed by atoms with van der Waals surface area (Å²) in [5.74, 6) is -3.09. The van der Waals surface area contributed by atoms with Gasteiger partial charge in [0.1, 0.15) is 104 Å². The van der Waals surface area contributed by atoms with E-state index in [4.69, 9.17) is 66.3 Å². The van der Waals surface area contributed by atoms with Crippen molar-refractivity contribution >= 4 is 130 Å². The summed E-state index contributed by atoms with van der Waals surface area (Å²) >= 11 is 0. The third-order valence-corrected chi connectivity index (χ3v) is 19.4. The number of aryl methyl sites for hydroxylation is 2. The number of carbonyl (C=O) groups excluding carboxylic acids is 16. The SMILES string of the molecule is CCCOCCOCCCC(=O)COCCOC(=O)CCCOP(=O)([O-])OCC(COC=O)OC=O.CCCOCCOCCCC(=O)COCCOCC(=O)NCOP(=O)([O-])OCC(COC=O)OC=O.Cn1cc(COCCC(=O)COCCOC(=O)CCCOP(=O)([O-])OCC(COC=O)OC=O)nn1.Cn1cc(COCCC(=O)COCCOCC(=O)NCOP(=O)([O-])OCC(COC=O)OC=O)nn1.[Na+].[Na+].[Na+].[Na+]. The molecule has 2 heterocycles. The zero-order valence-electron chi connectivity index (χ0n) is 84.0. The zero-order chi connectivity index (χ0) is 107. The molecule has 0 spiro atoms. The van der Waals surface area contributed by atoms with E-state index in [1.165, 1.54) is 0 Å². The van der Waals surface area contributed by atoms with Crippen LogP contribution in [0.15, 0.2) is 12.4 Å². The van der Waals surface area contributed by atoms with E-state index in [1.807, 2.05) is 13.8 Å². The summed E-state index contributed by atoms with van der Waals surface area (Å²) in [5.41, 5.74) is 1.31. The predicted octanol–water partition coefficient (Wildman–Crippen LogP) is -16.1. The van der Waals surface area contributed by atoms with Crippen LogP contribution in [0.25, 0.3) is 0 Å². The van der Waals surface area contributed by atoms with Crippen LogP contribution in [-0.4, -0.2) is 391 Å². The van der Waals surface area contributed by atoms with Gasteiger partial charge >= 0.3 is 130 Å². The molecule has 0 aliphatic heterocycles. The third kappa shape index (κ3) is 104. The van der Waals surface area contributed by atoms with Crippen molar-refractivity contribution < 1.29 is 373 Å². The molecule has 8 atom stereocenters. The summed E-state index contributed by atoms with van der Waals surface area (Å²) in [5, 5.41) is 19.5. The quantitative estimate of drug-likeness (QED) is 0.0118. The normalized spacial score (nSPS) is 13.0. The molecule has 0 aromatic carbocycles. The van der Waals surface area contributed by atoms with E-state index in [-0.39, 0.29) is 351 Å². The number of phosphoric ester groups is 4. The molecular formula is C78H128N8Na4O54P4. The molecule has 2 rings (SSSR count). The Bertz CT molecular complexity index is 4000. The molecule has 0 saturated heterocycles. The number of hydrogen-bond acceptors (Lipinski definition) is 58. The Hall–Kier alpha value is -5.44. The van der Waals surface area contributed by atoms with Gasteiger partial charge in [-0.05, 0) is 38.5 Å². The van der Waals surface area contributed by atoms with Gasteiger partial charge < -0.3 is 162 Å². The van der Waals surface area contributed by atoms with E-state index in [1.54, 1.807) is 35.9 Å². The Morgan fingerprint density at radius 1 is 0.311 bits per heavy atom. The molecule has 2 N–H and O–H groups in total. The number of nitrogens with zero attached hydrogens (tertiary/aromatic N) is 6. The van der Waals surface area contributed by atoms with Crippen molar-refractivity contribution in [1.29, 1.82) is 0 Å². The average molecular weight is 2260 g/mol. The second kappa shape index (κ2) is 106. The van der Waals surface area contributed by atoms with Crippen LogP contribution in [0.5, 0.6) is 0 Å². The Labute approximate surface area is 940 Å². The first kappa shape index (κ1) is 153. The van der Waals surface area contributed by atoms with Crippen molar-refractivity contribution in [2.45, 2.75) is 129 Å². The second-order valence-electron chi connectivity index (χ2n) is 27.7. The standard InChI is InChI=1S/C21H37O14P.C20H36NO14P.C19H30N3O13P.C18H29N4O13P.4Na/c1-2-7-28-10-11-29-8-3-5-19(24)14-30-12-13-32-21(25)6-4-9-34-36(26,27)35-16-20(33-18-23)15-31-17-22;1-2-5-28-7-8-29-6-3-4-18(24)11-30-9-10-31-14-20(25)21-15-35-36(26,27)34-13-19(33-17-23)12-32-16-22;1-22-9-16(20-21-22)10-29-6-4-17(25)11-30-7-8-32-19(26)3-2-5-34-36(27,28)35-13-18(33-15-24)12-31-14-23;1-22-6-15(20-21-22)7-29-3-2-16(25)8-30-4-5-31-11-18(26)19-12-35-36(27,28)34-10-17(33-14-24)9-32-13-23;;;;/h17-18,20H,2-16H2,1H3,(H,26,27);16-17,19H,2-15H2,1H3,(H,21,25)(H,26,27);9,14-15,18H,2-8,10-13H2,1H3,(H,27,28);6,13-14,17H,2-5,7-12H2,1H3,(H,19,26)(H,27,28);;;;/q;;;;4*+1/p-4. The van der Waals surface area contributed by atoms with Crippen molar-refractivity contribution in [2.75, 3.05) is 238 Å². The van der Waals surface area contributed by atoms with E-state index >= 15 is 0 Å². The molecule has 0 bridgehead atoms. The maximum absolute atomic E-state index is 11.7. The summed E-state index contributed by atoms with van der Waals surface area (Å²) in [6, 6.07) is 0. The average Bonchev–Trinajstić information content (AvgIpc) is 1.54. The fourth-order valence-electron chi connectivity index (χ4n) is 9.02. The van der Waals surface area contributed by atoms with Gasteiger partial charge in [-0.2, -0.15) is 0 Å². The zero-order valence-corrected chi connectivity index (χ0v) is 95.5. The van der Waals surface area contributed by atoms with Crippen molar-refractivity contribution in [3.8, 4) is 0 Å². The summed E-state index contributed by atoms with van der Waals surface area (Å²) in [4.78, 5) is 222. The first-order valence-electron chi connectivity index (χ1n) is 43.7. The number of esters is 2. The number of aromatic nitrogens is 6. The number of ether oxygens (including phenoxy) is 22. The molecule has 0 aliphatic carbocycles. The van der Waals surface area contributed by atoms with Gasteiger partial charge in [0, 0.05) is 79.0 Å². The van der Waals surface area contributed by atoms with Crippen molar-refractivity contribution in [2.24, 2.45) is 14.1 Å². The second-order valence-corrected chi connectivity index (χ2v) is 33.3. The van der Waals surface area contributed by atoms with E-state index < -0.39 is 159 Å². The summed E-state index contributed by atoms with van der Waals surface area (Å²) in [6.45, 7) is 2.31. The fraction of sp³-hybridized carbons (Fsp3) is 0.744. The molecule has 148 heavy (non-hydrogen) atoms. The summed E-state index contributed by atoms with van der Waals surface area (Å²) in [7, 11) is -15.7. The number of rotatable bonds is 100. The molecular weight excluding hydrogens is 2130 g/mol. The smallest absolute Gasteiger partial charge is 0.756 e. The third-order valence-electron chi connectivity index (χ3n) is 15.6. The van der Waals surface area contributed by atoms with Crippen LogP contribution < -0.4 is 148 Å². The summed E-state index contributed by atoms with van der Waals surface area (Å²) < 4.78 is 194. The summed E-state index contributed by atoms with van der Waals surface area (Å²) in [6.07, 6.45) is 2.66. The van der Waals surface area contributed by atoms with Gasteiger partial charge in [-0.3, -0.25) is 113 Å². The van der Waals surface area contributed by atoms with Gasteiger partial charge in [-0.1, -0.05) is 24.3 Å². The number of carbonyl (C=O) groups is 16. The van der Waals surface area contributed by atoms with Crippen molar-refractivity contribution in [3.05, 3.63) is 23.8 Å². The number of amides is 2. The number of hydrogen-bond donors (Lipinski definition) is 2. The van der Waals surface area contributed by atoms with Gasteiger partial charge in [0.25, 0.3) is 83.1 Å². The molecule has 0 saturated carbocycles. The predicted molar refractivity (Wildman–Crippen MR) is 464 cm³/mol. The first-order chi connectivity index (χ1) is 69.2. The van der Waals surface area contributed by atoms with Crippen molar-refractivity contribution in [3.63, 3.8) is 0 Å². The Morgan fingerprint density at radius 3 is 0.851 bits per heavy atom. The first-order valence-corrected chi connectivity index (χ1v) is 49.6. The van der Waals surface area contributed by atoms with Crippen molar-refractivity contribution in [1.82, 2.24) is 40.6 Å². The molecule has 70 heteroatoms. The number of Topliss-reactive ketones (excluding diaryl/α,β-unsaturated/α-hetero) is 4. The van der Waals surface area contributed by atoms with Crippen LogP contribution in [0.3, 0.4) is 0 Å². The minimum absolute atomic E-state index is 0. The minimum Gasteiger partial charge on any atom is -0.756 e. The van der Waals surface area contributed by atoms with E-state index in [0.717, 1.165) is 12.8 Å². The maximum atomic E-state index is 11.7. The van der Waals surface area contributed by atoms with E-state index in [2.05, 4.69) is 105 Å². The van der Waals surface area contributed by atoms with Crippen LogP contribution in [0, 0.1) is 0 Å². The molecule has 0 radical (unpaired) electrons. The van der Waals surface area contributed by atoms with Crippen LogP contribution in [0.1, 0.15) is 102 Å². The van der Waals surface area contributed by atoms with Gasteiger partial charge in [0.2, 0.25) is 11.8 Å². The Kier molecular flexibility index (Phi) is 110. The Morgan fingerprint density at radius 2 is 0.574 bits per heavy atom. The van der Waals surface area contributed by atoms with E-state index in [9.17, 15) is 115 Å². The molecule has 2 aromatic heterocycles. The van der Waals surface area contributed by atoms with E-state index in [0.29, 0.717) is 89.9 Å². The molecule has 828 valence electrons. The van der Waals surface area contributed by atoms with Crippen LogP contribution in [0.2, 0.25) is 0 Å². The topological polar surface area (TPSA) is 796 Å². The molecule has 0 aliphatic rings. The Balaban J connectivity index is -0.000000450. The van der Waals surface area contributed by atoms with Crippen LogP contribution >= 0.6 is 31.3 Å². The van der Waals surface area contributed by atoms with Gasteiger partial charge in [-0.15, -0.1) is 10.2 Å². The fourth-order valence-corrected chi connectivity index (χ4v) is 11.9. The molecule has 8 unspecified atom stereocenters. The molecule has 2 amide bonds. The molecule has 2 aromatic rings. The van der Waals surface area contributed by atoms with Gasteiger partial charge in [-0.25, -0.2) is 0 Å². The minimum atomic E-state index is -4.85. The van der Waals surface area contributed by atoms with Gasteiger partial charge in [0.05, 0.1) is 145 Å². The number of ketones is 4. The number of nitrogens with one attached hydrogen (secondary N) is 2. The molecule has 0 fully saturated rings. The van der Waals surface area contributed by atoms with Crippen LogP contribution in [0.4, 0.5) is 0 Å². The van der Waals surface area contributed by atoms with Crippen LogP contribution in [-0.2, 0) is 263 Å². The largest absolute Gasteiger partial charge is 1.00 e. The maximum Gasteiger partial charge on any atom is 1.00 e. The number of phosphoric acid groups is 4.